The molecule has 6 heteroatoms. The van der Waals surface area contributed by atoms with E-state index in [0.717, 1.165) is 23.1 Å². The van der Waals surface area contributed by atoms with Gasteiger partial charge < -0.3 is 5.32 Å². The van der Waals surface area contributed by atoms with Crippen LogP contribution < -0.4 is 5.32 Å². The van der Waals surface area contributed by atoms with Gasteiger partial charge in [-0.15, -0.1) is 0 Å². The average Bonchev–Trinajstić information content (AvgIpc) is 2.72. The van der Waals surface area contributed by atoms with Crippen molar-refractivity contribution in [2.45, 2.75) is 57.9 Å². The van der Waals surface area contributed by atoms with Gasteiger partial charge in [-0.05, 0) is 63.3 Å². The van der Waals surface area contributed by atoms with Gasteiger partial charge in [0.2, 0.25) is 15.9 Å². The van der Waals surface area contributed by atoms with Gasteiger partial charge in [0, 0.05) is 13.1 Å². The summed E-state index contributed by atoms with van der Waals surface area (Å²) in [6.45, 7) is 8.78. The molecule has 30 heavy (non-hydrogen) atoms. The first-order chi connectivity index (χ1) is 14.2. The quantitative estimate of drug-likeness (QED) is 0.747. The summed E-state index contributed by atoms with van der Waals surface area (Å²) in [6.07, 6.45) is 2.17. The minimum absolute atomic E-state index is 0.0642. The Bertz CT molecular complexity index is 1000. The van der Waals surface area contributed by atoms with Gasteiger partial charge in [-0.2, -0.15) is 4.31 Å². The third-order valence-electron chi connectivity index (χ3n) is 5.94. The van der Waals surface area contributed by atoms with Crippen molar-refractivity contribution in [2.75, 3.05) is 13.1 Å². The molecule has 3 rings (SSSR count). The molecular formula is C24H32N2O3S. The van der Waals surface area contributed by atoms with Gasteiger partial charge >= 0.3 is 0 Å². The van der Waals surface area contributed by atoms with Crippen molar-refractivity contribution >= 4 is 15.9 Å². The number of amides is 1. The molecule has 5 nitrogen and oxygen atoms in total. The smallest absolute Gasteiger partial charge is 0.243 e. The van der Waals surface area contributed by atoms with E-state index < -0.39 is 10.0 Å². The highest BCUT2D eigenvalue weighted by Crippen LogP contribution is 2.26. The molecule has 0 aromatic heterocycles. The zero-order valence-electron chi connectivity index (χ0n) is 18.3. The van der Waals surface area contributed by atoms with Crippen LogP contribution in [0.15, 0.2) is 47.4 Å². The third-order valence-corrected chi connectivity index (χ3v) is 7.82. The van der Waals surface area contributed by atoms with E-state index in [2.05, 4.69) is 44.3 Å². The maximum Gasteiger partial charge on any atom is 0.243 e. The van der Waals surface area contributed by atoms with Crippen LogP contribution in [0.2, 0.25) is 0 Å². The van der Waals surface area contributed by atoms with E-state index in [4.69, 9.17) is 0 Å². The molecule has 0 unspecified atom stereocenters. The molecule has 2 aromatic rings. The molecule has 0 aliphatic carbocycles. The Kier molecular flexibility index (Phi) is 6.98. The molecule has 0 saturated carbocycles. The highest BCUT2D eigenvalue weighted by molar-refractivity contribution is 7.89. The standard InChI is InChI=1S/C24H32N2O3S/c1-5-23(22-13-10-18(3)15-19(22)4)25-24(27)20-7-6-14-26(16-20)30(28,29)21-11-8-17(2)9-12-21/h8-13,15,20,23H,5-7,14,16H2,1-4H3,(H,25,27)/t20-,23-/m0/s1. The van der Waals surface area contributed by atoms with Crippen molar-refractivity contribution in [1.29, 1.82) is 0 Å². The Labute approximate surface area is 180 Å². The number of carbonyl (C=O) groups excluding carboxylic acids is 1. The van der Waals surface area contributed by atoms with Gasteiger partial charge in [0.15, 0.2) is 0 Å². The maximum atomic E-state index is 13.0. The lowest BCUT2D eigenvalue weighted by Crippen LogP contribution is -2.46. The lowest BCUT2D eigenvalue weighted by molar-refractivity contribution is -0.126. The van der Waals surface area contributed by atoms with Crippen molar-refractivity contribution in [3.63, 3.8) is 0 Å². The average molecular weight is 429 g/mol. The van der Waals surface area contributed by atoms with E-state index in [0.29, 0.717) is 19.4 Å². The summed E-state index contributed by atoms with van der Waals surface area (Å²) in [7, 11) is -3.59. The summed E-state index contributed by atoms with van der Waals surface area (Å²) in [6, 6.07) is 13.1. The minimum Gasteiger partial charge on any atom is -0.349 e. The fraction of sp³-hybridized carbons (Fsp3) is 0.458. The number of aryl methyl sites for hydroxylation is 3. The van der Waals surface area contributed by atoms with Gasteiger partial charge in [-0.3, -0.25) is 4.79 Å². The molecule has 162 valence electrons. The van der Waals surface area contributed by atoms with Crippen LogP contribution in [0.5, 0.6) is 0 Å². The number of nitrogens with one attached hydrogen (secondary N) is 1. The molecule has 1 heterocycles. The second-order valence-corrected chi connectivity index (χ2v) is 10.3. The predicted molar refractivity (Wildman–Crippen MR) is 120 cm³/mol. The Morgan fingerprint density at radius 2 is 1.77 bits per heavy atom. The molecule has 1 aliphatic heterocycles. The molecule has 1 N–H and O–H groups in total. The maximum absolute atomic E-state index is 13.0. The molecular weight excluding hydrogens is 396 g/mol. The summed E-state index contributed by atoms with van der Waals surface area (Å²) in [5, 5.41) is 3.17. The van der Waals surface area contributed by atoms with Crippen LogP contribution >= 0.6 is 0 Å². The van der Waals surface area contributed by atoms with Crippen LogP contribution in [0.4, 0.5) is 0 Å². The summed E-state index contributed by atoms with van der Waals surface area (Å²) in [5.41, 5.74) is 4.49. The lowest BCUT2D eigenvalue weighted by atomic mass is 9.95. The first kappa shape index (κ1) is 22.5. The summed E-state index contributed by atoms with van der Waals surface area (Å²) < 4.78 is 27.5. The number of benzene rings is 2. The predicted octanol–water partition coefficient (Wildman–Crippen LogP) is 4.28. The number of carbonyl (C=O) groups is 1. The summed E-state index contributed by atoms with van der Waals surface area (Å²) in [4.78, 5) is 13.3. The van der Waals surface area contributed by atoms with Crippen LogP contribution in [-0.4, -0.2) is 31.7 Å². The van der Waals surface area contributed by atoms with Gasteiger partial charge in [-0.1, -0.05) is 48.4 Å². The van der Waals surface area contributed by atoms with Crippen LogP contribution in [-0.2, 0) is 14.8 Å². The number of rotatable bonds is 6. The Balaban J connectivity index is 1.72. The van der Waals surface area contributed by atoms with Crippen molar-refractivity contribution in [3.8, 4) is 0 Å². The number of hydrogen-bond acceptors (Lipinski definition) is 3. The number of nitrogens with zero attached hydrogens (tertiary/aromatic N) is 1. The normalized spacial score (nSPS) is 18.7. The third kappa shape index (κ3) is 4.93. The number of sulfonamides is 1. The van der Waals surface area contributed by atoms with Crippen molar-refractivity contribution < 1.29 is 13.2 Å². The van der Waals surface area contributed by atoms with E-state index in [1.807, 2.05) is 6.92 Å². The largest absolute Gasteiger partial charge is 0.349 e. The number of piperidine rings is 1. The molecule has 1 aliphatic rings. The molecule has 2 aromatic carbocycles. The lowest BCUT2D eigenvalue weighted by Gasteiger charge is -2.32. The molecule has 0 spiro atoms. The first-order valence-electron chi connectivity index (χ1n) is 10.7. The topological polar surface area (TPSA) is 66.5 Å². The molecule has 0 bridgehead atoms. The van der Waals surface area contributed by atoms with E-state index in [1.54, 1.807) is 24.3 Å². The van der Waals surface area contributed by atoms with Crippen LogP contribution in [0.25, 0.3) is 0 Å². The van der Waals surface area contributed by atoms with E-state index >= 15 is 0 Å². The molecule has 1 fully saturated rings. The zero-order valence-corrected chi connectivity index (χ0v) is 19.1. The van der Waals surface area contributed by atoms with Gasteiger partial charge in [0.05, 0.1) is 16.9 Å². The van der Waals surface area contributed by atoms with Gasteiger partial charge in [0.1, 0.15) is 0 Å². The molecule has 0 radical (unpaired) electrons. The van der Waals surface area contributed by atoms with E-state index in [1.165, 1.54) is 9.87 Å². The summed E-state index contributed by atoms with van der Waals surface area (Å²) in [5.74, 6) is -0.399. The van der Waals surface area contributed by atoms with Gasteiger partial charge in [-0.25, -0.2) is 8.42 Å². The molecule has 2 atom stereocenters. The van der Waals surface area contributed by atoms with Crippen LogP contribution in [0, 0.1) is 26.7 Å². The van der Waals surface area contributed by atoms with Crippen molar-refractivity contribution in [1.82, 2.24) is 9.62 Å². The van der Waals surface area contributed by atoms with Crippen LogP contribution in [0.3, 0.4) is 0 Å². The second-order valence-electron chi connectivity index (χ2n) is 8.34. The van der Waals surface area contributed by atoms with E-state index in [9.17, 15) is 13.2 Å². The fourth-order valence-electron chi connectivity index (χ4n) is 4.14. The molecule has 1 saturated heterocycles. The Hall–Kier alpha value is -2.18. The first-order valence-corrected chi connectivity index (χ1v) is 12.1. The monoisotopic (exact) mass is 428 g/mol. The highest BCUT2D eigenvalue weighted by atomic mass is 32.2. The summed E-state index contributed by atoms with van der Waals surface area (Å²) >= 11 is 0. The Morgan fingerprint density at radius 3 is 2.40 bits per heavy atom. The fourth-order valence-corrected chi connectivity index (χ4v) is 5.66. The zero-order chi connectivity index (χ0) is 21.9. The SMILES string of the molecule is CC[C@H](NC(=O)[C@H]1CCCN(S(=O)(=O)c2ccc(C)cc2)C1)c1ccc(C)cc1C. The Morgan fingerprint density at radius 1 is 1.10 bits per heavy atom. The van der Waals surface area contributed by atoms with Crippen LogP contribution in [0.1, 0.15) is 54.5 Å². The second kappa shape index (κ2) is 9.31. The minimum atomic E-state index is -3.59. The molecule has 1 amide bonds. The van der Waals surface area contributed by atoms with Crippen molar-refractivity contribution in [3.05, 3.63) is 64.7 Å². The highest BCUT2D eigenvalue weighted by Gasteiger charge is 2.34. The number of hydrogen-bond donors (Lipinski definition) is 1. The van der Waals surface area contributed by atoms with Gasteiger partial charge in [0.25, 0.3) is 0 Å². The van der Waals surface area contributed by atoms with E-state index in [-0.39, 0.29) is 29.3 Å². The van der Waals surface area contributed by atoms with Crippen molar-refractivity contribution in [2.24, 2.45) is 5.92 Å².